The predicted octanol–water partition coefficient (Wildman–Crippen LogP) is 12.2. The highest BCUT2D eigenvalue weighted by molar-refractivity contribution is 5.76. The van der Waals surface area contributed by atoms with Crippen LogP contribution in [0.3, 0.4) is 0 Å². The minimum atomic E-state index is -0.861. The van der Waals surface area contributed by atoms with E-state index < -0.39 is 12.1 Å². The molecule has 0 aliphatic rings. The highest BCUT2D eigenvalue weighted by atomic mass is 16.3. The van der Waals surface area contributed by atoms with Gasteiger partial charge >= 0.3 is 0 Å². The van der Waals surface area contributed by atoms with Crippen molar-refractivity contribution in [3.8, 4) is 0 Å². The number of aliphatic hydroxyl groups excluding tert-OH is 2. The molecule has 0 saturated heterocycles. The summed E-state index contributed by atoms with van der Waals surface area (Å²) in [7, 11) is 0. The average molecular weight is 646 g/mol. The van der Waals surface area contributed by atoms with Crippen LogP contribution in [0, 0.1) is 0 Å². The highest BCUT2D eigenvalue weighted by Gasteiger charge is 2.17. The third kappa shape index (κ3) is 34.0. The van der Waals surface area contributed by atoms with Crippen LogP contribution in [0.4, 0.5) is 0 Å². The van der Waals surface area contributed by atoms with Crippen molar-refractivity contribution < 1.29 is 15.0 Å². The van der Waals surface area contributed by atoms with Crippen LogP contribution in [-0.4, -0.2) is 34.9 Å². The number of allylic oxidation sites excluding steroid dienone is 5. The first-order valence-electron chi connectivity index (χ1n) is 20.2. The Morgan fingerprint density at radius 3 is 1.26 bits per heavy atom. The number of hydrogen-bond acceptors (Lipinski definition) is 3. The zero-order valence-corrected chi connectivity index (χ0v) is 30.8. The van der Waals surface area contributed by atoms with Gasteiger partial charge in [0.2, 0.25) is 5.91 Å². The van der Waals surface area contributed by atoms with Crippen molar-refractivity contribution in [1.82, 2.24) is 5.32 Å². The van der Waals surface area contributed by atoms with E-state index in [1.807, 2.05) is 6.08 Å². The van der Waals surface area contributed by atoms with Crippen LogP contribution in [-0.2, 0) is 4.79 Å². The van der Waals surface area contributed by atoms with Gasteiger partial charge in [-0.25, -0.2) is 0 Å². The van der Waals surface area contributed by atoms with Crippen molar-refractivity contribution >= 4 is 5.91 Å². The standard InChI is InChI=1S/C42H79NO3/c1-3-5-7-9-11-13-15-17-18-19-20-21-22-23-24-26-28-30-32-34-36-38-42(46)43-40(39-44)41(45)37-35-33-31-29-27-25-16-14-12-10-8-6-4-2/h21-22,27,29,35,37,40-41,44-45H,3-20,23-26,28,30-34,36,38-39H2,1-2H3,(H,43,46)/b22-21-,29-27+,37-35+. The summed E-state index contributed by atoms with van der Waals surface area (Å²) in [5.41, 5.74) is 0. The van der Waals surface area contributed by atoms with E-state index in [4.69, 9.17) is 0 Å². The first-order chi connectivity index (χ1) is 22.7. The summed E-state index contributed by atoms with van der Waals surface area (Å²) in [6.07, 6.45) is 49.6. The molecule has 2 atom stereocenters. The minimum absolute atomic E-state index is 0.0793. The molecule has 0 fully saturated rings. The van der Waals surface area contributed by atoms with Crippen LogP contribution in [0.25, 0.3) is 0 Å². The molecule has 0 aromatic carbocycles. The van der Waals surface area contributed by atoms with E-state index in [-0.39, 0.29) is 12.5 Å². The first kappa shape index (κ1) is 44.6. The quantitative estimate of drug-likeness (QED) is 0.0469. The van der Waals surface area contributed by atoms with Gasteiger partial charge in [0.05, 0.1) is 18.8 Å². The van der Waals surface area contributed by atoms with E-state index in [0.717, 1.165) is 32.1 Å². The molecular formula is C42H79NO3. The van der Waals surface area contributed by atoms with Gasteiger partial charge in [-0.15, -0.1) is 0 Å². The van der Waals surface area contributed by atoms with E-state index in [9.17, 15) is 15.0 Å². The molecule has 4 heteroatoms. The molecule has 0 spiro atoms. The zero-order valence-electron chi connectivity index (χ0n) is 30.8. The molecule has 0 aliphatic carbocycles. The number of hydrogen-bond donors (Lipinski definition) is 3. The third-order valence-corrected chi connectivity index (χ3v) is 9.10. The van der Waals surface area contributed by atoms with Crippen molar-refractivity contribution in [3.63, 3.8) is 0 Å². The van der Waals surface area contributed by atoms with E-state index in [0.29, 0.717) is 6.42 Å². The monoisotopic (exact) mass is 646 g/mol. The van der Waals surface area contributed by atoms with Crippen molar-refractivity contribution in [3.05, 3.63) is 36.5 Å². The molecule has 0 aromatic rings. The molecular weight excluding hydrogens is 566 g/mol. The van der Waals surface area contributed by atoms with Gasteiger partial charge in [0.15, 0.2) is 0 Å². The fourth-order valence-electron chi connectivity index (χ4n) is 5.95. The van der Waals surface area contributed by atoms with Crippen molar-refractivity contribution in [2.45, 2.75) is 219 Å². The molecule has 2 unspecified atom stereocenters. The van der Waals surface area contributed by atoms with Crippen LogP contribution in [0.1, 0.15) is 206 Å². The Balaban J connectivity index is 3.61. The molecule has 0 heterocycles. The molecule has 4 nitrogen and oxygen atoms in total. The Morgan fingerprint density at radius 1 is 0.500 bits per heavy atom. The minimum Gasteiger partial charge on any atom is -0.394 e. The van der Waals surface area contributed by atoms with Crippen molar-refractivity contribution in [1.29, 1.82) is 0 Å². The number of amides is 1. The lowest BCUT2D eigenvalue weighted by atomic mass is 10.1. The van der Waals surface area contributed by atoms with Crippen LogP contribution < -0.4 is 5.32 Å². The summed E-state index contributed by atoms with van der Waals surface area (Å²) in [5, 5.41) is 22.9. The van der Waals surface area contributed by atoms with Gasteiger partial charge < -0.3 is 15.5 Å². The summed E-state index contributed by atoms with van der Waals surface area (Å²) < 4.78 is 0. The molecule has 0 rings (SSSR count). The summed E-state index contributed by atoms with van der Waals surface area (Å²) in [5.74, 6) is -0.0793. The molecule has 270 valence electrons. The number of nitrogens with one attached hydrogen (secondary N) is 1. The molecule has 0 saturated carbocycles. The first-order valence-corrected chi connectivity index (χ1v) is 20.2. The second-order valence-corrected chi connectivity index (χ2v) is 13.7. The van der Waals surface area contributed by atoms with Gasteiger partial charge in [0.25, 0.3) is 0 Å². The Kier molecular flexibility index (Phi) is 36.9. The maximum Gasteiger partial charge on any atom is 0.220 e. The Labute approximate surface area is 287 Å². The number of rotatable bonds is 36. The Bertz CT molecular complexity index is 701. The molecule has 46 heavy (non-hydrogen) atoms. The molecule has 0 aliphatic heterocycles. The van der Waals surface area contributed by atoms with E-state index >= 15 is 0 Å². The van der Waals surface area contributed by atoms with E-state index in [1.54, 1.807) is 6.08 Å². The number of carbonyl (C=O) groups excluding carboxylic acids is 1. The second kappa shape index (κ2) is 38.1. The van der Waals surface area contributed by atoms with Gasteiger partial charge in [-0.2, -0.15) is 0 Å². The Morgan fingerprint density at radius 2 is 0.848 bits per heavy atom. The van der Waals surface area contributed by atoms with Crippen LogP contribution in [0.15, 0.2) is 36.5 Å². The molecule has 1 amide bonds. The molecule has 0 bridgehead atoms. The lowest BCUT2D eigenvalue weighted by molar-refractivity contribution is -0.123. The summed E-state index contributed by atoms with van der Waals surface area (Å²) in [6.45, 7) is 4.28. The van der Waals surface area contributed by atoms with Crippen LogP contribution in [0.5, 0.6) is 0 Å². The third-order valence-electron chi connectivity index (χ3n) is 9.10. The normalized spacial score (nSPS) is 13.4. The highest BCUT2D eigenvalue weighted by Crippen LogP contribution is 2.13. The lowest BCUT2D eigenvalue weighted by Crippen LogP contribution is -2.45. The van der Waals surface area contributed by atoms with Gasteiger partial charge in [0, 0.05) is 6.42 Å². The number of aliphatic hydroxyl groups is 2. The molecule has 0 aromatic heterocycles. The summed E-state index contributed by atoms with van der Waals surface area (Å²) >= 11 is 0. The maximum atomic E-state index is 12.3. The topological polar surface area (TPSA) is 69.6 Å². The average Bonchev–Trinajstić information content (AvgIpc) is 3.06. The summed E-state index contributed by atoms with van der Waals surface area (Å²) in [4.78, 5) is 12.3. The SMILES string of the molecule is CCCCCCCCC/C=C/CC/C=C/C(O)C(CO)NC(=O)CCCCCCCCC/C=C\CCCCCCCCCCCC. The largest absolute Gasteiger partial charge is 0.394 e. The maximum absolute atomic E-state index is 12.3. The fourth-order valence-corrected chi connectivity index (χ4v) is 5.95. The molecule has 3 N–H and O–H groups in total. The number of carbonyl (C=O) groups is 1. The fraction of sp³-hybridized carbons (Fsp3) is 0.833. The number of unbranched alkanes of at least 4 members (excludes halogenated alkanes) is 25. The van der Waals surface area contributed by atoms with Crippen LogP contribution in [0.2, 0.25) is 0 Å². The predicted molar refractivity (Wildman–Crippen MR) is 202 cm³/mol. The van der Waals surface area contributed by atoms with Crippen molar-refractivity contribution in [2.24, 2.45) is 0 Å². The smallest absolute Gasteiger partial charge is 0.220 e. The lowest BCUT2D eigenvalue weighted by Gasteiger charge is -2.19. The second-order valence-electron chi connectivity index (χ2n) is 13.7. The van der Waals surface area contributed by atoms with Gasteiger partial charge in [-0.3, -0.25) is 4.79 Å². The zero-order chi connectivity index (χ0) is 33.6. The summed E-state index contributed by atoms with van der Waals surface area (Å²) in [6, 6.07) is -0.638. The Hall–Kier alpha value is -1.39. The van der Waals surface area contributed by atoms with E-state index in [2.05, 4.69) is 43.5 Å². The van der Waals surface area contributed by atoms with Crippen LogP contribution >= 0.6 is 0 Å². The van der Waals surface area contributed by atoms with Gasteiger partial charge in [0.1, 0.15) is 0 Å². The van der Waals surface area contributed by atoms with Crippen molar-refractivity contribution in [2.75, 3.05) is 6.61 Å². The van der Waals surface area contributed by atoms with E-state index in [1.165, 1.54) is 154 Å². The van der Waals surface area contributed by atoms with Gasteiger partial charge in [-0.05, 0) is 57.8 Å². The molecule has 0 radical (unpaired) electrons. The van der Waals surface area contributed by atoms with Gasteiger partial charge in [-0.1, -0.05) is 179 Å².